The molecule has 0 radical (unpaired) electrons. The molecule has 0 bridgehead atoms. The fraction of sp³-hybridized carbons (Fsp3) is 0.261. The van der Waals surface area contributed by atoms with Gasteiger partial charge in [0, 0.05) is 18.2 Å². The number of amides is 1. The average Bonchev–Trinajstić information content (AvgIpc) is 3.24. The normalized spacial score (nSPS) is 10.6. The number of carbonyl (C=O) groups is 2. The van der Waals surface area contributed by atoms with Crippen molar-refractivity contribution in [3.8, 4) is 33.1 Å². The molecular formula is C23H24N2O5S. The zero-order valence-electron chi connectivity index (χ0n) is 17.8. The standard InChI is InChI=1S/C23H24N2O5S/c1-13-9-16(11-20(30-4)14(13)2)23-17(12-24-31-23)15-5-6-19(29-3)18(10-15)25-21(26)7-8-22(27)28/h5-6,9-12H,7-8H2,1-4H3,(H,25,26)(H,27,28). The average molecular weight is 441 g/mol. The highest BCUT2D eigenvalue weighted by Gasteiger charge is 2.16. The number of nitrogens with zero attached hydrogens (tertiary/aromatic N) is 1. The van der Waals surface area contributed by atoms with Gasteiger partial charge in [0.15, 0.2) is 0 Å². The topological polar surface area (TPSA) is 97.8 Å². The Kier molecular flexibility index (Phi) is 6.91. The number of nitrogens with one attached hydrogen (secondary N) is 1. The Balaban J connectivity index is 1.98. The molecule has 1 heterocycles. The summed E-state index contributed by atoms with van der Waals surface area (Å²) in [4.78, 5) is 23.9. The second kappa shape index (κ2) is 9.61. The summed E-state index contributed by atoms with van der Waals surface area (Å²) in [5.74, 6) is -0.102. The molecule has 0 atom stereocenters. The van der Waals surface area contributed by atoms with E-state index in [4.69, 9.17) is 14.6 Å². The van der Waals surface area contributed by atoms with E-state index in [1.807, 2.05) is 32.0 Å². The summed E-state index contributed by atoms with van der Waals surface area (Å²) in [6.07, 6.45) is 1.44. The van der Waals surface area contributed by atoms with Crippen LogP contribution in [0.2, 0.25) is 0 Å². The van der Waals surface area contributed by atoms with Gasteiger partial charge in [0.1, 0.15) is 11.5 Å². The van der Waals surface area contributed by atoms with E-state index in [0.717, 1.165) is 38.4 Å². The Labute approximate surface area is 184 Å². The fourth-order valence-electron chi connectivity index (χ4n) is 3.23. The Morgan fingerprint density at radius 3 is 2.45 bits per heavy atom. The molecule has 0 aliphatic heterocycles. The number of hydrogen-bond acceptors (Lipinski definition) is 6. The van der Waals surface area contributed by atoms with Crippen LogP contribution in [0.3, 0.4) is 0 Å². The van der Waals surface area contributed by atoms with Crippen molar-refractivity contribution in [1.29, 1.82) is 0 Å². The maximum Gasteiger partial charge on any atom is 0.303 e. The lowest BCUT2D eigenvalue weighted by Crippen LogP contribution is -2.13. The van der Waals surface area contributed by atoms with Gasteiger partial charge in [-0.1, -0.05) is 12.1 Å². The molecule has 3 rings (SSSR count). The van der Waals surface area contributed by atoms with Crippen molar-refractivity contribution >= 4 is 29.1 Å². The van der Waals surface area contributed by atoms with E-state index in [0.29, 0.717) is 11.4 Å². The lowest BCUT2D eigenvalue weighted by Gasteiger charge is -2.13. The summed E-state index contributed by atoms with van der Waals surface area (Å²) >= 11 is 1.38. The molecule has 1 amide bonds. The fourth-order valence-corrected chi connectivity index (χ4v) is 3.99. The minimum Gasteiger partial charge on any atom is -0.496 e. The predicted octanol–water partition coefficient (Wildman–Crippen LogP) is 4.91. The van der Waals surface area contributed by atoms with Crippen LogP contribution in [0.5, 0.6) is 11.5 Å². The van der Waals surface area contributed by atoms with Crippen LogP contribution in [0, 0.1) is 13.8 Å². The number of carbonyl (C=O) groups excluding carboxylic acids is 1. The molecule has 0 unspecified atom stereocenters. The van der Waals surface area contributed by atoms with Gasteiger partial charge in [-0.2, -0.15) is 4.37 Å². The maximum absolute atomic E-state index is 12.2. The molecule has 0 aliphatic carbocycles. The van der Waals surface area contributed by atoms with Crippen LogP contribution < -0.4 is 14.8 Å². The zero-order chi connectivity index (χ0) is 22.5. The molecule has 2 N–H and O–H groups in total. The summed E-state index contributed by atoms with van der Waals surface area (Å²) in [7, 11) is 3.17. The first kappa shape index (κ1) is 22.3. The third-order valence-electron chi connectivity index (χ3n) is 5.02. The van der Waals surface area contributed by atoms with E-state index in [9.17, 15) is 9.59 Å². The Morgan fingerprint density at radius 2 is 1.77 bits per heavy atom. The van der Waals surface area contributed by atoms with E-state index >= 15 is 0 Å². The van der Waals surface area contributed by atoms with Crippen LogP contribution in [0.4, 0.5) is 5.69 Å². The molecule has 8 heteroatoms. The third kappa shape index (κ3) is 5.03. The smallest absolute Gasteiger partial charge is 0.303 e. The minimum absolute atomic E-state index is 0.115. The van der Waals surface area contributed by atoms with Gasteiger partial charge < -0.3 is 19.9 Å². The summed E-state index contributed by atoms with van der Waals surface area (Å²) in [5.41, 5.74) is 5.46. The molecule has 162 valence electrons. The van der Waals surface area contributed by atoms with Crippen molar-refractivity contribution in [3.05, 3.63) is 47.7 Å². The lowest BCUT2D eigenvalue weighted by atomic mass is 9.99. The second-order valence-corrected chi connectivity index (χ2v) is 7.85. The van der Waals surface area contributed by atoms with E-state index in [2.05, 4.69) is 15.8 Å². The van der Waals surface area contributed by atoms with Crippen LogP contribution >= 0.6 is 11.5 Å². The van der Waals surface area contributed by atoms with Crippen molar-refractivity contribution < 1.29 is 24.2 Å². The summed E-state index contributed by atoms with van der Waals surface area (Å²) < 4.78 is 15.3. The van der Waals surface area contributed by atoms with Crippen LogP contribution in [0.15, 0.2) is 36.5 Å². The van der Waals surface area contributed by atoms with Gasteiger partial charge in [-0.15, -0.1) is 0 Å². The van der Waals surface area contributed by atoms with Gasteiger partial charge in [0.05, 0.1) is 31.2 Å². The molecule has 7 nitrogen and oxygen atoms in total. The van der Waals surface area contributed by atoms with Gasteiger partial charge in [0.25, 0.3) is 0 Å². The second-order valence-electron chi connectivity index (χ2n) is 7.05. The first-order chi connectivity index (χ1) is 14.8. The first-order valence-corrected chi connectivity index (χ1v) is 10.4. The van der Waals surface area contributed by atoms with E-state index in [1.165, 1.54) is 18.6 Å². The summed E-state index contributed by atoms with van der Waals surface area (Å²) in [6, 6.07) is 9.58. The number of aromatic nitrogens is 1. The largest absolute Gasteiger partial charge is 0.496 e. The Hall–Kier alpha value is -3.39. The molecule has 3 aromatic rings. The van der Waals surface area contributed by atoms with Gasteiger partial charge in [-0.25, -0.2) is 0 Å². The molecule has 1 aromatic heterocycles. The number of carboxylic acids is 1. The monoisotopic (exact) mass is 440 g/mol. The van der Waals surface area contributed by atoms with E-state index in [-0.39, 0.29) is 18.7 Å². The van der Waals surface area contributed by atoms with Gasteiger partial charge in [-0.3, -0.25) is 9.59 Å². The number of hydrogen-bond donors (Lipinski definition) is 2. The number of aliphatic carboxylic acids is 1. The van der Waals surface area contributed by atoms with Crippen molar-refractivity contribution in [3.63, 3.8) is 0 Å². The van der Waals surface area contributed by atoms with Crippen LogP contribution in [-0.2, 0) is 9.59 Å². The van der Waals surface area contributed by atoms with Gasteiger partial charge in [0.2, 0.25) is 5.91 Å². The molecule has 0 aliphatic rings. The Bertz CT molecular complexity index is 1120. The van der Waals surface area contributed by atoms with E-state index in [1.54, 1.807) is 19.4 Å². The van der Waals surface area contributed by atoms with Crippen molar-refractivity contribution in [2.45, 2.75) is 26.7 Å². The number of aryl methyl sites for hydroxylation is 1. The zero-order valence-corrected chi connectivity index (χ0v) is 18.6. The predicted molar refractivity (Wildman–Crippen MR) is 121 cm³/mol. The molecule has 2 aromatic carbocycles. The number of ether oxygens (including phenoxy) is 2. The number of rotatable bonds is 8. The minimum atomic E-state index is -1.02. The quantitative estimate of drug-likeness (QED) is 0.516. The Morgan fingerprint density at radius 1 is 1.03 bits per heavy atom. The highest BCUT2D eigenvalue weighted by atomic mass is 32.1. The molecule has 0 saturated carbocycles. The van der Waals surface area contributed by atoms with Crippen LogP contribution in [0.25, 0.3) is 21.6 Å². The van der Waals surface area contributed by atoms with Gasteiger partial charge >= 0.3 is 5.97 Å². The van der Waals surface area contributed by atoms with Crippen molar-refractivity contribution in [1.82, 2.24) is 4.37 Å². The number of methoxy groups -OCH3 is 2. The van der Waals surface area contributed by atoms with Gasteiger partial charge in [-0.05, 0) is 65.8 Å². The third-order valence-corrected chi connectivity index (χ3v) is 5.87. The first-order valence-electron chi connectivity index (χ1n) is 9.64. The maximum atomic E-state index is 12.2. The summed E-state index contributed by atoms with van der Waals surface area (Å²) in [5, 5.41) is 11.5. The van der Waals surface area contributed by atoms with Crippen molar-refractivity contribution in [2.75, 3.05) is 19.5 Å². The number of benzene rings is 2. The molecule has 0 saturated heterocycles. The molecule has 31 heavy (non-hydrogen) atoms. The number of carboxylic acid groups (broad SMARTS) is 1. The lowest BCUT2D eigenvalue weighted by molar-refractivity contribution is -0.138. The SMILES string of the molecule is COc1ccc(-c2cnsc2-c2cc(C)c(C)c(OC)c2)cc1NC(=O)CCC(=O)O. The molecule has 0 spiro atoms. The molecular weight excluding hydrogens is 416 g/mol. The van der Waals surface area contributed by atoms with Crippen LogP contribution in [-0.4, -0.2) is 35.6 Å². The highest BCUT2D eigenvalue weighted by Crippen LogP contribution is 2.40. The summed E-state index contributed by atoms with van der Waals surface area (Å²) in [6.45, 7) is 4.06. The highest BCUT2D eigenvalue weighted by molar-refractivity contribution is 7.10. The van der Waals surface area contributed by atoms with Crippen molar-refractivity contribution in [2.24, 2.45) is 0 Å². The van der Waals surface area contributed by atoms with E-state index < -0.39 is 5.97 Å². The number of anilines is 1. The molecule has 0 fully saturated rings. The van der Waals surface area contributed by atoms with Crippen LogP contribution in [0.1, 0.15) is 24.0 Å².